The van der Waals surface area contributed by atoms with Gasteiger partial charge in [-0.3, -0.25) is 9.69 Å². The number of rotatable bonds is 3. The fourth-order valence-electron chi connectivity index (χ4n) is 2.51. The zero-order chi connectivity index (χ0) is 13.8. The van der Waals surface area contributed by atoms with Gasteiger partial charge < -0.3 is 9.88 Å². The van der Waals surface area contributed by atoms with Crippen LogP contribution in [-0.2, 0) is 6.54 Å². The standard InChI is InChI=1S/C15H18N4O/c20-15-10-14(16-12-17-15)19-8-6-18(7-9-19)11-13-4-2-1-3-5-13/h1-5,10,12H,6-9,11H2,(H,16,17,20). The number of benzene rings is 1. The van der Waals surface area contributed by atoms with E-state index in [0.29, 0.717) is 0 Å². The Kier molecular flexibility index (Phi) is 3.78. The maximum atomic E-state index is 11.3. The number of anilines is 1. The molecule has 1 fully saturated rings. The molecule has 2 heterocycles. The highest BCUT2D eigenvalue weighted by Crippen LogP contribution is 2.12. The van der Waals surface area contributed by atoms with Crippen LogP contribution in [-0.4, -0.2) is 41.0 Å². The van der Waals surface area contributed by atoms with Crippen molar-refractivity contribution in [3.05, 3.63) is 58.6 Å². The van der Waals surface area contributed by atoms with Crippen LogP contribution in [0.4, 0.5) is 5.82 Å². The molecular formula is C15H18N4O. The summed E-state index contributed by atoms with van der Waals surface area (Å²) in [5.74, 6) is 0.771. The summed E-state index contributed by atoms with van der Waals surface area (Å²) in [5.41, 5.74) is 1.25. The number of nitrogens with zero attached hydrogens (tertiary/aromatic N) is 3. The number of aromatic nitrogens is 2. The smallest absolute Gasteiger partial charge is 0.252 e. The summed E-state index contributed by atoms with van der Waals surface area (Å²) in [5, 5.41) is 0. The van der Waals surface area contributed by atoms with Crippen LogP contribution in [0.1, 0.15) is 5.56 Å². The zero-order valence-electron chi connectivity index (χ0n) is 11.3. The Hall–Kier alpha value is -2.14. The van der Waals surface area contributed by atoms with Crippen molar-refractivity contribution in [3.8, 4) is 0 Å². The van der Waals surface area contributed by atoms with Crippen LogP contribution in [0.25, 0.3) is 0 Å². The summed E-state index contributed by atoms with van der Waals surface area (Å²) in [6, 6.07) is 12.1. The molecule has 0 aliphatic carbocycles. The van der Waals surface area contributed by atoms with Crippen LogP contribution >= 0.6 is 0 Å². The van der Waals surface area contributed by atoms with Crippen molar-refractivity contribution in [1.82, 2.24) is 14.9 Å². The first-order chi connectivity index (χ1) is 9.81. The first-order valence-corrected chi connectivity index (χ1v) is 6.87. The highest BCUT2D eigenvalue weighted by Gasteiger charge is 2.18. The van der Waals surface area contributed by atoms with Gasteiger partial charge in [-0.05, 0) is 5.56 Å². The summed E-state index contributed by atoms with van der Waals surface area (Å²) in [4.78, 5) is 22.7. The molecular weight excluding hydrogens is 252 g/mol. The fourth-order valence-corrected chi connectivity index (χ4v) is 2.51. The van der Waals surface area contributed by atoms with Crippen molar-refractivity contribution in [1.29, 1.82) is 0 Å². The Morgan fingerprint density at radius 3 is 2.55 bits per heavy atom. The SMILES string of the molecule is O=c1cc(N2CCN(Cc3ccccc3)CC2)nc[nH]1. The largest absolute Gasteiger partial charge is 0.354 e. The molecule has 1 aromatic carbocycles. The molecule has 0 saturated carbocycles. The Labute approximate surface area is 117 Å². The Bertz CT molecular complexity index is 603. The van der Waals surface area contributed by atoms with Crippen molar-refractivity contribution in [2.24, 2.45) is 0 Å². The second-order valence-corrected chi connectivity index (χ2v) is 5.02. The third-order valence-corrected chi connectivity index (χ3v) is 3.61. The molecule has 1 aliphatic heterocycles. The van der Waals surface area contributed by atoms with Gasteiger partial charge in [-0.2, -0.15) is 0 Å². The summed E-state index contributed by atoms with van der Waals surface area (Å²) in [6.07, 6.45) is 1.47. The molecule has 0 bridgehead atoms. The predicted octanol–water partition coefficient (Wildman–Crippen LogP) is 1.09. The summed E-state index contributed by atoms with van der Waals surface area (Å²) < 4.78 is 0. The van der Waals surface area contributed by atoms with Gasteiger partial charge in [-0.25, -0.2) is 4.98 Å². The zero-order valence-corrected chi connectivity index (χ0v) is 11.3. The van der Waals surface area contributed by atoms with Gasteiger partial charge >= 0.3 is 0 Å². The molecule has 0 amide bonds. The number of H-pyrrole nitrogens is 1. The van der Waals surface area contributed by atoms with Gasteiger partial charge in [0.05, 0.1) is 6.33 Å². The summed E-state index contributed by atoms with van der Waals surface area (Å²) in [6.45, 7) is 4.77. The Morgan fingerprint density at radius 1 is 1.10 bits per heavy atom. The lowest BCUT2D eigenvalue weighted by atomic mass is 10.2. The number of hydrogen-bond donors (Lipinski definition) is 1. The molecule has 1 N–H and O–H groups in total. The van der Waals surface area contributed by atoms with Gasteiger partial charge in [0.25, 0.3) is 5.56 Å². The van der Waals surface area contributed by atoms with E-state index in [0.717, 1.165) is 38.5 Å². The molecule has 1 aromatic heterocycles. The van der Waals surface area contributed by atoms with E-state index in [1.807, 2.05) is 6.07 Å². The number of hydrogen-bond acceptors (Lipinski definition) is 4. The van der Waals surface area contributed by atoms with E-state index in [-0.39, 0.29) is 5.56 Å². The third kappa shape index (κ3) is 3.05. The highest BCUT2D eigenvalue weighted by atomic mass is 16.1. The minimum absolute atomic E-state index is 0.0956. The molecule has 1 aliphatic rings. The first kappa shape index (κ1) is 12.9. The lowest BCUT2D eigenvalue weighted by molar-refractivity contribution is 0.249. The van der Waals surface area contributed by atoms with Gasteiger partial charge in [0.2, 0.25) is 0 Å². The molecule has 0 unspecified atom stereocenters. The topological polar surface area (TPSA) is 52.2 Å². The predicted molar refractivity (Wildman–Crippen MR) is 78.8 cm³/mol. The Morgan fingerprint density at radius 2 is 1.85 bits per heavy atom. The lowest BCUT2D eigenvalue weighted by Gasteiger charge is -2.35. The third-order valence-electron chi connectivity index (χ3n) is 3.61. The van der Waals surface area contributed by atoms with Gasteiger partial charge in [-0.1, -0.05) is 30.3 Å². The second kappa shape index (κ2) is 5.88. The fraction of sp³-hybridized carbons (Fsp3) is 0.333. The molecule has 5 nitrogen and oxygen atoms in total. The number of nitrogens with one attached hydrogen (secondary N) is 1. The quantitative estimate of drug-likeness (QED) is 0.907. The van der Waals surface area contributed by atoms with E-state index in [1.165, 1.54) is 11.9 Å². The van der Waals surface area contributed by atoms with E-state index in [2.05, 4.69) is 44.0 Å². The van der Waals surface area contributed by atoms with E-state index in [1.54, 1.807) is 6.07 Å². The summed E-state index contributed by atoms with van der Waals surface area (Å²) in [7, 11) is 0. The second-order valence-electron chi connectivity index (χ2n) is 5.02. The molecule has 1 saturated heterocycles. The molecule has 20 heavy (non-hydrogen) atoms. The molecule has 104 valence electrons. The maximum Gasteiger partial charge on any atom is 0.252 e. The highest BCUT2D eigenvalue weighted by molar-refractivity contribution is 5.37. The van der Waals surface area contributed by atoms with Crippen LogP contribution in [0, 0.1) is 0 Å². The van der Waals surface area contributed by atoms with Crippen molar-refractivity contribution in [2.75, 3.05) is 31.1 Å². The van der Waals surface area contributed by atoms with E-state index < -0.39 is 0 Å². The molecule has 5 heteroatoms. The first-order valence-electron chi connectivity index (χ1n) is 6.87. The minimum atomic E-state index is -0.0956. The van der Waals surface area contributed by atoms with Gasteiger partial charge in [0.15, 0.2) is 0 Å². The molecule has 2 aromatic rings. The monoisotopic (exact) mass is 270 g/mol. The average Bonchev–Trinajstić information content (AvgIpc) is 2.49. The Balaban J connectivity index is 1.58. The van der Waals surface area contributed by atoms with E-state index in [9.17, 15) is 4.79 Å². The lowest BCUT2D eigenvalue weighted by Crippen LogP contribution is -2.46. The molecule has 3 rings (SSSR count). The minimum Gasteiger partial charge on any atom is -0.354 e. The van der Waals surface area contributed by atoms with Crippen LogP contribution in [0.15, 0.2) is 47.5 Å². The van der Waals surface area contributed by atoms with Crippen LogP contribution in [0.5, 0.6) is 0 Å². The van der Waals surface area contributed by atoms with Crippen LogP contribution in [0.2, 0.25) is 0 Å². The van der Waals surface area contributed by atoms with E-state index in [4.69, 9.17) is 0 Å². The number of piperazine rings is 1. The molecule has 0 radical (unpaired) electrons. The van der Waals surface area contributed by atoms with Gasteiger partial charge in [0, 0.05) is 38.8 Å². The van der Waals surface area contributed by atoms with E-state index >= 15 is 0 Å². The molecule has 0 spiro atoms. The van der Waals surface area contributed by atoms with Crippen molar-refractivity contribution >= 4 is 5.82 Å². The normalized spacial score (nSPS) is 16.3. The number of aromatic amines is 1. The van der Waals surface area contributed by atoms with Gasteiger partial charge in [-0.15, -0.1) is 0 Å². The maximum absolute atomic E-state index is 11.3. The molecule has 0 atom stereocenters. The van der Waals surface area contributed by atoms with Gasteiger partial charge in [0.1, 0.15) is 5.82 Å². The van der Waals surface area contributed by atoms with Crippen molar-refractivity contribution in [2.45, 2.75) is 6.54 Å². The average molecular weight is 270 g/mol. The van der Waals surface area contributed by atoms with Crippen molar-refractivity contribution < 1.29 is 0 Å². The summed E-state index contributed by atoms with van der Waals surface area (Å²) >= 11 is 0. The van der Waals surface area contributed by atoms with Crippen molar-refractivity contribution in [3.63, 3.8) is 0 Å². The van der Waals surface area contributed by atoms with Crippen LogP contribution in [0.3, 0.4) is 0 Å². The van der Waals surface area contributed by atoms with Crippen LogP contribution < -0.4 is 10.5 Å².